The van der Waals surface area contributed by atoms with Gasteiger partial charge in [-0.2, -0.15) is 0 Å². The molecule has 0 aliphatic rings. The molecule has 0 radical (unpaired) electrons. The third-order valence-corrected chi connectivity index (χ3v) is 3.52. The molecule has 0 aliphatic carbocycles. The van der Waals surface area contributed by atoms with Gasteiger partial charge in [-0.25, -0.2) is 4.98 Å². The minimum Gasteiger partial charge on any atom is -0.439 e. The topological polar surface area (TPSA) is 22.1 Å². The number of benzene rings is 1. The number of halogens is 1. The molecule has 106 valence electrons. The third kappa shape index (κ3) is 3.51. The molecule has 2 aromatic rings. The average Bonchev–Trinajstić information content (AvgIpc) is 2.41. The molecule has 0 bridgehead atoms. The second-order valence-electron chi connectivity index (χ2n) is 5.97. The van der Waals surface area contributed by atoms with Crippen LogP contribution in [0.2, 0.25) is 0 Å². The Bertz CT molecular complexity index is 585. The minimum absolute atomic E-state index is 0.142. The van der Waals surface area contributed by atoms with Crippen molar-refractivity contribution < 1.29 is 4.74 Å². The third-order valence-electron chi connectivity index (χ3n) is 3.21. The fourth-order valence-corrected chi connectivity index (χ4v) is 2.05. The van der Waals surface area contributed by atoms with Gasteiger partial charge >= 0.3 is 0 Å². The Morgan fingerprint density at radius 1 is 1.15 bits per heavy atom. The van der Waals surface area contributed by atoms with E-state index in [1.807, 2.05) is 18.2 Å². The van der Waals surface area contributed by atoms with E-state index in [1.165, 1.54) is 5.56 Å². The second kappa shape index (κ2) is 5.84. The van der Waals surface area contributed by atoms with E-state index in [2.05, 4.69) is 44.8 Å². The Balaban J connectivity index is 2.21. The Morgan fingerprint density at radius 3 is 2.40 bits per heavy atom. The summed E-state index contributed by atoms with van der Waals surface area (Å²) in [5.74, 6) is 1.89. The summed E-state index contributed by atoms with van der Waals surface area (Å²) in [4.78, 5) is 4.25. The molecular weight excluding hydrogens is 270 g/mol. The predicted octanol–water partition coefficient (Wildman–Crippen LogP) is 5.22. The maximum atomic E-state index is 5.82. The smallest absolute Gasteiger partial charge is 0.219 e. The van der Waals surface area contributed by atoms with Gasteiger partial charge in [-0.1, -0.05) is 39.0 Å². The zero-order chi connectivity index (χ0) is 14.8. The normalized spacial score (nSPS) is 11.4. The summed E-state index contributed by atoms with van der Waals surface area (Å²) in [6.45, 7) is 8.66. The molecule has 2 rings (SSSR count). The molecule has 0 N–H and O–H groups in total. The fourth-order valence-electron chi connectivity index (χ4n) is 1.89. The molecular formula is C17H20ClNO. The molecule has 3 heteroatoms. The van der Waals surface area contributed by atoms with Crippen LogP contribution in [0.15, 0.2) is 36.5 Å². The number of nitrogens with zero attached hydrogens (tertiary/aromatic N) is 1. The van der Waals surface area contributed by atoms with Gasteiger partial charge in [0.1, 0.15) is 5.75 Å². The molecule has 20 heavy (non-hydrogen) atoms. The standard InChI is InChI=1S/C17H20ClNO/c1-12-9-14(17(2,3)4)6-7-15(12)20-16-8-5-13(10-18)11-19-16/h5-9,11H,10H2,1-4H3. The monoisotopic (exact) mass is 289 g/mol. The molecule has 1 aromatic heterocycles. The van der Waals surface area contributed by atoms with Crippen LogP contribution in [-0.4, -0.2) is 4.98 Å². The number of alkyl halides is 1. The molecule has 0 spiro atoms. The molecule has 0 unspecified atom stereocenters. The van der Waals surface area contributed by atoms with Crippen LogP contribution in [0.1, 0.15) is 37.5 Å². The van der Waals surface area contributed by atoms with Crippen LogP contribution in [0.25, 0.3) is 0 Å². The summed E-state index contributed by atoms with van der Waals surface area (Å²) in [5, 5.41) is 0. The van der Waals surface area contributed by atoms with Crippen LogP contribution in [0.3, 0.4) is 0 Å². The summed E-state index contributed by atoms with van der Waals surface area (Å²) in [6.07, 6.45) is 1.74. The average molecular weight is 290 g/mol. The van der Waals surface area contributed by atoms with E-state index >= 15 is 0 Å². The quantitative estimate of drug-likeness (QED) is 0.723. The first kappa shape index (κ1) is 14.9. The highest BCUT2D eigenvalue weighted by Gasteiger charge is 2.15. The summed E-state index contributed by atoms with van der Waals surface area (Å²) < 4.78 is 5.82. The van der Waals surface area contributed by atoms with Gasteiger partial charge < -0.3 is 4.74 Å². The Labute approximate surface area is 125 Å². The highest BCUT2D eigenvalue weighted by Crippen LogP contribution is 2.29. The lowest BCUT2D eigenvalue weighted by molar-refractivity contribution is 0.458. The van der Waals surface area contributed by atoms with E-state index in [9.17, 15) is 0 Å². The minimum atomic E-state index is 0.142. The first-order valence-electron chi connectivity index (χ1n) is 6.70. The van der Waals surface area contributed by atoms with Crippen molar-refractivity contribution in [1.29, 1.82) is 0 Å². The molecule has 1 heterocycles. The summed E-state index contributed by atoms with van der Waals surface area (Å²) in [6, 6.07) is 10.0. The number of rotatable bonds is 3. The molecule has 0 fully saturated rings. The predicted molar refractivity (Wildman–Crippen MR) is 83.7 cm³/mol. The lowest BCUT2D eigenvalue weighted by Crippen LogP contribution is -2.11. The largest absolute Gasteiger partial charge is 0.439 e. The summed E-state index contributed by atoms with van der Waals surface area (Å²) in [5.41, 5.74) is 3.54. The van der Waals surface area contributed by atoms with Crippen molar-refractivity contribution in [2.45, 2.75) is 39.0 Å². The lowest BCUT2D eigenvalue weighted by atomic mass is 9.86. The molecule has 0 saturated heterocycles. The number of hydrogen-bond donors (Lipinski definition) is 0. The zero-order valence-corrected chi connectivity index (χ0v) is 13.2. The molecule has 0 amide bonds. The number of pyridine rings is 1. The second-order valence-corrected chi connectivity index (χ2v) is 6.24. The first-order valence-corrected chi connectivity index (χ1v) is 7.23. The van der Waals surface area contributed by atoms with E-state index in [4.69, 9.17) is 16.3 Å². The van der Waals surface area contributed by atoms with Gasteiger partial charge in [-0.05, 0) is 35.1 Å². The van der Waals surface area contributed by atoms with Crippen LogP contribution in [0, 0.1) is 6.92 Å². The molecule has 0 atom stereocenters. The van der Waals surface area contributed by atoms with E-state index in [-0.39, 0.29) is 5.41 Å². The molecule has 2 nitrogen and oxygen atoms in total. The van der Waals surface area contributed by atoms with Gasteiger partial charge in [0.05, 0.1) is 0 Å². The molecule has 0 aliphatic heterocycles. The van der Waals surface area contributed by atoms with Crippen LogP contribution in [0.5, 0.6) is 11.6 Å². The lowest BCUT2D eigenvalue weighted by Gasteiger charge is -2.20. The Kier molecular flexibility index (Phi) is 4.34. The Hall–Kier alpha value is -1.54. The number of ether oxygens (including phenoxy) is 1. The maximum Gasteiger partial charge on any atom is 0.219 e. The van der Waals surface area contributed by atoms with Crippen LogP contribution >= 0.6 is 11.6 Å². The van der Waals surface area contributed by atoms with Crippen LogP contribution in [-0.2, 0) is 11.3 Å². The van der Waals surface area contributed by atoms with Gasteiger partial charge in [0.25, 0.3) is 0 Å². The zero-order valence-electron chi connectivity index (χ0n) is 12.4. The van der Waals surface area contributed by atoms with Crippen LogP contribution < -0.4 is 4.74 Å². The van der Waals surface area contributed by atoms with E-state index < -0.39 is 0 Å². The van der Waals surface area contributed by atoms with E-state index in [0.717, 1.165) is 16.9 Å². The molecule has 1 aromatic carbocycles. The highest BCUT2D eigenvalue weighted by molar-refractivity contribution is 6.17. The van der Waals surface area contributed by atoms with Gasteiger partial charge in [0.2, 0.25) is 5.88 Å². The summed E-state index contributed by atoms with van der Waals surface area (Å²) in [7, 11) is 0. The maximum absolute atomic E-state index is 5.82. The van der Waals surface area contributed by atoms with Crippen LogP contribution in [0.4, 0.5) is 0 Å². The van der Waals surface area contributed by atoms with Gasteiger partial charge in [0, 0.05) is 18.1 Å². The number of aryl methyl sites for hydroxylation is 1. The first-order chi connectivity index (χ1) is 9.40. The van der Waals surface area contributed by atoms with Crippen molar-refractivity contribution in [3.05, 3.63) is 53.2 Å². The van der Waals surface area contributed by atoms with Crippen molar-refractivity contribution in [3.8, 4) is 11.6 Å². The number of aromatic nitrogens is 1. The van der Waals surface area contributed by atoms with E-state index in [1.54, 1.807) is 6.20 Å². The highest BCUT2D eigenvalue weighted by atomic mass is 35.5. The van der Waals surface area contributed by atoms with Gasteiger partial charge in [-0.15, -0.1) is 11.6 Å². The van der Waals surface area contributed by atoms with Crippen molar-refractivity contribution in [3.63, 3.8) is 0 Å². The molecule has 0 saturated carbocycles. The Morgan fingerprint density at radius 2 is 1.90 bits per heavy atom. The summed E-state index contributed by atoms with van der Waals surface area (Å²) >= 11 is 5.74. The SMILES string of the molecule is Cc1cc(C(C)(C)C)ccc1Oc1ccc(CCl)cn1. The van der Waals surface area contributed by atoms with Crippen molar-refractivity contribution >= 4 is 11.6 Å². The fraction of sp³-hybridized carbons (Fsp3) is 0.353. The van der Waals surface area contributed by atoms with Gasteiger partial charge in [0.15, 0.2) is 0 Å². The van der Waals surface area contributed by atoms with Crippen molar-refractivity contribution in [1.82, 2.24) is 4.98 Å². The number of hydrogen-bond acceptors (Lipinski definition) is 2. The van der Waals surface area contributed by atoms with Gasteiger partial charge in [-0.3, -0.25) is 0 Å². The van der Waals surface area contributed by atoms with E-state index in [0.29, 0.717) is 11.8 Å². The van der Waals surface area contributed by atoms with Crippen molar-refractivity contribution in [2.24, 2.45) is 0 Å². The van der Waals surface area contributed by atoms with Crippen molar-refractivity contribution in [2.75, 3.05) is 0 Å².